The number of halogens is 1. The fourth-order valence-electron chi connectivity index (χ4n) is 4.24. The molecule has 1 aromatic heterocycles. The Morgan fingerprint density at radius 2 is 1.63 bits per heavy atom. The maximum Gasteiger partial charge on any atom is 0.251 e. The second kappa shape index (κ2) is 12.4. The van der Waals surface area contributed by atoms with Crippen LogP contribution in [0.4, 0.5) is 5.69 Å². The average Bonchev–Trinajstić information content (AvgIpc) is 3.40. The number of tetrazole rings is 1. The second-order valence-corrected chi connectivity index (χ2v) is 10.9. The van der Waals surface area contributed by atoms with Crippen LogP contribution in [-0.2, 0) is 16.1 Å². The molecule has 0 bridgehead atoms. The Bertz CT molecular complexity index is 1510. The van der Waals surface area contributed by atoms with E-state index in [-0.39, 0.29) is 12.5 Å². The number of amides is 2. The van der Waals surface area contributed by atoms with Crippen molar-refractivity contribution in [2.75, 3.05) is 19.1 Å². The van der Waals surface area contributed by atoms with Crippen molar-refractivity contribution in [1.29, 1.82) is 0 Å². The van der Waals surface area contributed by atoms with Crippen molar-refractivity contribution in [1.82, 2.24) is 25.5 Å². The van der Waals surface area contributed by atoms with Crippen LogP contribution in [0.5, 0.6) is 11.5 Å². The van der Waals surface area contributed by atoms with Crippen molar-refractivity contribution in [3.8, 4) is 22.9 Å². The standard InChI is InChI=1S/C30H33ClN6O4/c1-19-7-14-23(15-8-19)37(27(29(39)32-30(2,3)4)20-9-12-22(31)13-10-20)26(38)18-36-34-28(33-35-36)21-11-16-24(40-5)25(17-21)41-6/h7-17,27H,18H2,1-6H3,(H,32,39). The summed E-state index contributed by atoms with van der Waals surface area (Å²) in [4.78, 5) is 30.5. The highest BCUT2D eigenvalue weighted by atomic mass is 35.5. The van der Waals surface area contributed by atoms with Gasteiger partial charge in [0.2, 0.25) is 11.7 Å². The van der Waals surface area contributed by atoms with Crippen LogP contribution in [-0.4, -0.2) is 51.8 Å². The summed E-state index contributed by atoms with van der Waals surface area (Å²) in [5, 5.41) is 16.2. The summed E-state index contributed by atoms with van der Waals surface area (Å²) in [6.07, 6.45) is 0. The summed E-state index contributed by atoms with van der Waals surface area (Å²) in [7, 11) is 3.09. The molecule has 1 N–H and O–H groups in total. The number of carbonyl (C=O) groups excluding carboxylic acids is 2. The molecule has 0 fully saturated rings. The van der Waals surface area contributed by atoms with Gasteiger partial charge < -0.3 is 14.8 Å². The number of hydrogen-bond donors (Lipinski definition) is 1. The molecule has 2 amide bonds. The molecule has 1 unspecified atom stereocenters. The predicted octanol–water partition coefficient (Wildman–Crippen LogP) is 5.01. The van der Waals surface area contributed by atoms with Crippen molar-refractivity contribution in [2.24, 2.45) is 0 Å². The lowest BCUT2D eigenvalue weighted by Crippen LogP contribution is -2.50. The summed E-state index contributed by atoms with van der Waals surface area (Å²) >= 11 is 6.15. The zero-order valence-corrected chi connectivity index (χ0v) is 24.6. The van der Waals surface area contributed by atoms with Crippen LogP contribution in [0.1, 0.15) is 37.9 Å². The first-order valence-electron chi connectivity index (χ1n) is 13.0. The van der Waals surface area contributed by atoms with E-state index in [2.05, 4.69) is 20.7 Å². The first-order valence-corrected chi connectivity index (χ1v) is 13.3. The number of hydrogen-bond acceptors (Lipinski definition) is 7. The molecule has 0 aliphatic carbocycles. The summed E-state index contributed by atoms with van der Waals surface area (Å²) in [6, 6.07) is 18.5. The SMILES string of the molecule is COc1ccc(-c2nnn(CC(=O)N(c3ccc(C)cc3)C(C(=O)NC(C)(C)C)c3ccc(Cl)cc3)n2)cc1OC. The quantitative estimate of drug-likeness (QED) is 0.298. The van der Waals surface area contributed by atoms with Gasteiger partial charge in [-0.2, -0.15) is 4.80 Å². The highest BCUT2D eigenvalue weighted by Gasteiger charge is 2.35. The smallest absolute Gasteiger partial charge is 0.251 e. The number of rotatable bonds is 9. The monoisotopic (exact) mass is 576 g/mol. The highest BCUT2D eigenvalue weighted by molar-refractivity contribution is 6.30. The minimum Gasteiger partial charge on any atom is -0.493 e. The van der Waals surface area contributed by atoms with Crippen LogP contribution in [0.25, 0.3) is 11.4 Å². The van der Waals surface area contributed by atoms with Crippen molar-refractivity contribution in [2.45, 2.75) is 45.8 Å². The Kier molecular flexibility index (Phi) is 8.92. The molecule has 41 heavy (non-hydrogen) atoms. The van der Waals surface area contributed by atoms with Gasteiger partial charge in [-0.3, -0.25) is 14.5 Å². The first-order chi connectivity index (χ1) is 19.5. The predicted molar refractivity (Wildman–Crippen MR) is 157 cm³/mol. The minimum atomic E-state index is -0.990. The van der Waals surface area contributed by atoms with Crippen molar-refractivity contribution in [3.05, 3.63) is 82.9 Å². The molecular weight excluding hydrogens is 544 g/mol. The topological polar surface area (TPSA) is 111 Å². The summed E-state index contributed by atoms with van der Waals surface area (Å²) in [6.45, 7) is 7.35. The number of benzene rings is 3. The van der Waals surface area contributed by atoms with Gasteiger partial charge in [-0.1, -0.05) is 41.4 Å². The Hall–Kier alpha value is -4.44. The molecular formula is C30H33ClN6O4. The number of aryl methyl sites for hydroxylation is 1. The van der Waals surface area contributed by atoms with Crippen LogP contribution in [0.15, 0.2) is 66.7 Å². The Morgan fingerprint density at radius 1 is 0.976 bits per heavy atom. The number of nitrogens with zero attached hydrogens (tertiary/aromatic N) is 5. The number of nitrogens with one attached hydrogen (secondary N) is 1. The van der Waals surface area contributed by atoms with Gasteiger partial charge in [0.15, 0.2) is 11.5 Å². The van der Waals surface area contributed by atoms with Gasteiger partial charge in [0.1, 0.15) is 12.6 Å². The van der Waals surface area contributed by atoms with Gasteiger partial charge in [0, 0.05) is 21.8 Å². The zero-order valence-electron chi connectivity index (χ0n) is 23.9. The van der Waals surface area contributed by atoms with E-state index in [1.54, 1.807) is 49.6 Å². The molecule has 11 heteroatoms. The molecule has 3 aromatic carbocycles. The van der Waals surface area contributed by atoms with E-state index in [0.717, 1.165) is 5.56 Å². The number of aromatic nitrogens is 4. The summed E-state index contributed by atoms with van der Waals surface area (Å²) in [5.74, 6) is 0.633. The van der Waals surface area contributed by atoms with Gasteiger partial charge in [-0.15, -0.1) is 10.2 Å². The van der Waals surface area contributed by atoms with Crippen LogP contribution < -0.4 is 19.7 Å². The minimum absolute atomic E-state index is 0.263. The van der Waals surface area contributed by atoms with E-state index >= 15 is 0 Å². The van der Waals surface area contributed by atoms with Crippen LogP contribution in [0, 0.1) is 6.92 Å². The van der Waals surface area contributed by atoms with Crippen molar-refractivity contribution in [3.63, 3.8) is 0 Å². The van der Waals surface area contributed by atoms with Crippen molar-refractivity contribution >= 4 is 29.1 Å². The molecule has 0 spiro atoms. The van der Waals surface area contributed by atoms with Crippen LogP contribution >= 0.6 is 11.6 Å². The van der Waals surface area contributed by atoms with Crippen molar-refractivity contribution < 1.29 is 19.1 Å². The van der Waals surface area contributed by atoms with Gasteiger partial charge in [0.25, 0.3) is 5.91 Å². The maximum atomic E-state index is 14.0. The fraction of sp³-hybridized carbons (Fsp3) is 0.300. The molecule has 0 radical (unpaired) electrons. The Morgan fingerprint density at radius 3 is 2.24 bits per heavy atom. The molecule has 214 valence electrons. The molecule has 1 heterocycles. The lowest BCUT2D eigenvalue weighted by Gasteiger charge is -2.33. The highest BCUT2D eigenvalue weighted by Crippen LogP contribution is 2.32. The first kappa shape index (κ1) is 29.5. The fourth-order valence-corrected chi connectivity index (χ4v) is 4.37. The van der Waals surface area contributed by atoms with E-state index < -0.39 is 17.5 Å². The average molecular weight is 577 g/mol. The third kappa shape index (κ3) is 7.20. The number of ether oxygens (including phenoxy) is 2. The molecule has 10 nitrogen and oxygen atoms in total. The molecule has 0 aliphatic rings. The van der Waals surface area contributed by atoms with Gasteiger partial charge in [-0.05, 0) is 80.9 Å². The molecule has 1 atom stereocenters. The van der Waals surface area contributed by atoms with Crippen LogP contribution in [0.2, 0.25) is 5.02 Å². The zero-order chi connectivity index (χ0) is 29.7. The van der Waals surface area contributed by atoms with Gasteiger partial charge >= 0.3 is 0 Å². The van der Waals surface area contributed by atoms with E-state index in [1.807, 2.05) is 52.0 Å². The maximum absolute atomic E-state index is 14.0. The Balaban J connectivity index is 1.72. The van der Waals surface area contributed by atoms with Gasteiger partial charge in [0.05, 0.1) is 14.2 Å². The van der Waals surface area contributed by atoms with E-state index in [4.69, 9.17) is 21.1 Å². The van der Waals surface area contributed by atoms with E-state index in [0.29, 0.717) is 39.2 Å². The third-order valence-corrected chi connectivity index (χ3v) is 6.39. The normalized spacial score (nSPS) is 12.0. The number of carbonyl (C=O) groups is 2. The van der Waals surface area contributed by atoms with E-state index in [1.165, 1.54) is 16.8 Å². The lowest BCUT2D eigenvalue weighted by atomic mass is 10.0. The number of anilines is 1. The summed E-state index contributed by atoms with van der Waals surface area (Å²) in [5.41, 5.74) is 2.26. The van der Waals surface area contributed by atoms with Crippen LogP contribution in [0.3, 0.4) is 0 Å². The second-order valence-electron chi connectivity index (χ2n) is 10.5. The van der Waals surface area contributed by atoms with Gasteiger partial charge in [-0.25, -0.2) is 0 Å². The lowest BCUT2D eigenvalue weighted by molar-refractivity contribution is -0.128. The van der Waals surface area contributed by atoms with E-state index in [9.17, 15) is 9.59 Å². The molecule has 4 aromatic rings. The molecule has 0 saturated heterocycles. The largest absolute Gasteiger partial charge is 0.493 e. The molecule has 0 saturated carbocycles. The number of methoxy groups -OCH3 is 2. The Labute approximate surface area is 244 Å². The summed E-state index contributed by atoms with van der Waals surface area (Å²) < 4.78 is 10.7. The third-order valence-electron chi connectivity index (χ3n) is 6.14. The molecule has 0 aliphatic heterocycles. The molecule has 4 rings (SSSR count).